The van der Waals surface area contributed by atoms with Gasteiger partial charge in [-0.3, -0.25) is 14.5 Å². The Morgan fingerprint density at radius 3 is 2.16 bits per heavy atom. The monoisotopic (exact) mass is 571 g/mol. The van der Waals surface area contributed by atoms with Crippen molar-refractivity contribution < 1.29 is 29.3 Å². The number of carbonyl (C=O) groups excluding carboxylic acids is 2. The van der Waals surface area contributed by atoms with Crippen LogP contribution in [-0.2, 0) is 9.95 Å². The Labute approximate surface area is 265 Å². The van der Waals surface area contributed by atoms with Crippen molar-refractivity contribution in [3.8, 4) is 5.75 Å². The maximum absolute atomic E-state index is 13.1. The molecule has 2 amide bonds. The zero-order valence-electron chi connectivity index (χ0n) is 23.9. The molecule has 3 aliphatic rings. The highest BCUT2D eigenvalue weighted by Crippen LogP contribution is 2.55. The second kappa shape index (κ2) is 9.64. The number of ether oxygens (including phenoxy) is 2. The van der Waals surface area contributed by atoms with Gasteiger partial charge in [0.1, 0.15) is 34.8 Å². The van der Waals surface area contributed by atoms with Crippen LogP contribution >= 0.6 is 0 Å². The van der Waals surface area contributed by atoms with E-state index in [-0.39, 0.29) is 22.9 Å². The van der Waals surface area contributed by atoms with E-state index in [1.54, 1.807) is 12.3 Å². The fraction of sp³-hybridized carbons (Fsp3) is 0.407. The number of benzene rings is 2. The van der Waals surface area contributed by atoms with E-state index in [9.17, 15) is 19.8 Å². The van der Waals surface area contributed by atoms with Gasteiger partial charge in [-0.05, 0) is 67.7 Å². The predicted octanol–water partition coefficient (Wildman–Crippen LogP) is -2.15. The van der Waals surface area contributed by atoms with Crippen LogP contribution in [0.15, 0.2) is 48.7 Å². The van der Waals surface area contributed by atoms with Crippen LogP contribution in [0.4, 0.5) is 0 Å². The van der Waals surface area contributed by atoms with Gasteiger partial charge >= 0.3 is 0 Å². The third-order valence-corrected chi connectivity index (χ3v) is 9.21. The molecule has 0 aliphatic carbocycles. The Kier molecular flexibility index (Phi) is 6.85. The molecule has 3 aliphatic heterocycles. The van der Waals surface area contributed by atoms with Crippen LogP contribution in [0.1, 0.15) is 39.1 Å². The highest BCUT2D eigenvalue weighted by molar-refractivity contribution is 6.51. The van der Waals surface area contributed by atoms with Crippen molar-refractivity contribution in [2.45, 2.75) is 51.6 Å². The van der Waals surface area contributed by atoms with Crippen molar-refractivity contribution in [3.05, 3.63) is 65.4 Å². The summed E-state index contributed by atoms with van der Waals surface area (Å²) in [6.07, 6.45) is 3.43. The van der Waals surface area contributed by atoms with Gasteiger partial charge in [0, 0.05) is 23.1 Å². The summed E-state index contributed by atoms with van der Waals surface area (Å²) in [5.41, 5.74) is -10.8. The predicted molar refractivity (Wildman–Crippen MR) is 168 cm³/mol. The quantitative estimate of drug-likeness (QED) is 0.169. The number of rotatable bonds is 7. The standard InChI is InChI=1S/C27H21B8N3O6/c1-37-10-4-7-19(37)22(28,29)17-12-36-18-9-8-13(11-16(17)18)43-27(35,42)25(32)23(30,41)24(31,44-25)26(33,34)38-20(39)14-5-2-3-6-15(14)21(38)40/h2-3,5-6,8-9,11-12,19,36,41-42H,4,7,10H2,1H3. The van der Waals surface area contributed by atoms with E-state index in [4.69, 9.17) is 72.2 Å². The summed E-state index contributed by atoms with van der Waals surface area (Å²) in [6.45, 7) is 0.848. The van der Waals surface area contributed by atoms with E-state index in [1.807, 2.05) is 7.05 Å². The molecule has 1 aromatic heterocycles. The topological polar surface area (TPSA) is 115 Å². The summed E-state index contributed by atoms with van der Waals surface area (Å²) in [4.78, 5) is 31.8. The first-order chi connectivity index (χ1) is 20.3. The average Bonchev–Trinajstić information content (AvgIpc) is 3.64. The van der Waals surface area contributed by atoms with Crippen LogP contribution in [-0.4, -0.2) is 147 Å². The molecule has 5 atom stereocenters. The number of amides is 2. The summed E-state index contributed by atoms with van der Waals surface area (Å²) < 4.78 is 11.1. The van der Waals surface area contributed by atoms with Crippen molar-refractivity contribution in [1.82, 2.24) is 14.8 Å². The third-order valence-electron chi connectivity index (χ3n) is 9.21. The maximum atomic E-state index is 13.1. The molecule has 0 bridgehead atoms. The number of fused-ring (bicyclic) bond motifs is 2. The summed E-state index contributed by atoms with van der Waals surface area (Å²) in [6, 6.07) is 10.2. The lowest BCUT2D eigenvalue weighted by Gasteiger charge is -2.75. The Morgan fingerprint density at radius 1 is 1.00 bits per heavy atom. The van der Waals surface area contributed by atoms with Gasteiger partial charge < -0.3 is 29.6 Å². The highest BCUT2D eigenvalue weighted by Gasteiger charge is 2.77. The molecule has 2 saturated heterocycles. The number of likely N-dealkylation sites (N-methyl/N-ethyl adjacent to an activating group) is 1. The van der Waals surface area contributed by atoms with Gasteiger partial charge in [0.25, 0.3) is 11.8 Å². The van der Waals surface area contributed by atoms with Crippen molar-refractivity contribution in [3.63, 3.8) is 0 Å². The van der Waals surface area contributed by atoms with E-state index in [0.29, 0.717) is 21.4 Å². The second-order valence-electron chi connectivity index (χ2n) is 11.9. The zero-order valence-corrected chi connectivity index (χ0v) is 23.9. The first-order valence-electron chi connectivity index (χ1n) is 13.8. The summed E-state index contributed by atoms with van der Waals surface area (Å²) in [7, 11) is 52.3. The lowest BCUT2D eigenvalue weighted by Crippen LogP contribution is -2.96. The minimum absolute atomic E-state index is 0.0167. The molecule has 3 aromatic rings. The molecule has 9 nitrogen and oxygen atoms in total. The molecule has 5 unspecified atom stereocenters. The number of hydrogen-bond donors (Lipinski definition) is 3. The van der Waals surface area contributed by atoms with E-state index < -0.39 is 44.6 Å². The first kappa shape index (κ1) is 31.3. The molecule has 204 valence electrons. The number of nitrogens with one attached hydrogen (secondary N) is 1. The van der Waals surface area contributed by atoms with Gasteiger partial charge in [-0.1, -0.05) is 17.3 Å². The first-order valence-corrected chi connectivity index (χ1v) is 13.8. The number of hydrogen-bond acceptors (Lipinski definition) is 7. The molecule has 4 heterocycles. The molecule has 44 heavy (non-hydrogen) atoms. The van der Waals surface area contributed by atoms with Crippen molar-refractivity contribution >= 4 is 85.5 Å². The van der Waals surface area contributed by atoms with E-state index in [1.165, 1.54) is 36.4 Å². The van der Waals surface area contributed by atoms with Gasteiger partial charge in [-0.25, -0.2) is 0 Å². The molecule has 6 rings (SSSR count). The molecule has 0 spiro atoms. The van der Waals surface area contributed by atoms with Gasteiger partial charge in [-0.2, -0.15) is 0 Å². The molecular formula is C27H21B8N3O6. The van der Waals surface area contributed by atoms with Gasteiger partial charge in [-0.15, -0.1) is 0 Å². The SMILES string of the molecule is [B]C([B])(c1c[nH]c2ccc(OC([B])(O)C3([B])OC([B])(C([B])([B])N4C(=O)c5ccccc5C4=O)C3([B])O)cc12)C1CCCN1C. The van der Waals surface area contributed by atoms with Gasteiger partial charge in [0.05, 0.1) is 53.5 Å². The lowest BCUT2D eigenvalue weighted by atomic mass is 9.29. The third kappa shape index (κ3) is 3.91. The molecule has 2 fully saturated rings. The number of aromatic nitrogens is 1. The van der Waals surface area contributed by atoms with Crippen LogP contribution in [0.2, 0.25) is 0 Å². The number of nitrogens with zero attached hydrogens (tertiary/aromatic N) is 2. The Hall–Kier alpha value is -2.72. The van der Waals surface area contributed by atoms with E-state index in [0.717, 1.165) is 19.4 Å². The van der Waals surface area contributed by atoms with Gasteiger partial charge in [0.2, 0.25) is 0 Å². The van der Waals surface area contributed by atoms with Crippen LogP contribution < -0.4 is 4.74 Å². The number of aliphatic hydroxyl groups is 2. The Bertz CT molecular complexity index is 1660. The second-order valence-corrected chi connectivity index (χ2v) is 11.9. The Morgan fingerprint density at radius 2 is 1.61 bits per heavy atom. The van der Waals surface area contributed by atoms with Crippen LogP contribution in [0.3, 0.4) is 0 Å². The summed E-state index contributed by atoms with van der Waals surface area (Å²) in [5, 5.41) is 19.2. The molecule has 3 N–H and O–H groups in total. The normalized spacial score (nSPS) is 30.7. The molecule has 2 aromatic carbocycles. The average molecular weight is 570 g/mol. The fourth-order valence-corrected chi connectivity index (χ4v) is 6.53. The van der Waals surface area contributed by atoms with Gasteiger partial charge in [0.15, 0.2) is 13.5 Å². The highest BCUT2D eigenvalue weighted by atomic mass is 16.7. The minimum atomic E-state index is -3.11. The number of likely N-dealkylation sites (tertiary alicyclic amines) is 1. The number of aromatic amines is 1. The zero-order chi connectivity index (χ0) is 32.3. The van der Waals surface area contributed by atoms with Crippen molar-refractivity contribution in [1.29, 1.82) is 0 Å². The van der Waals surface area contributed by atoms with E-state index in [2.05, 4.69) is 9.88 Å². The van der Waals surface area contributed by atoms with Crippen molar-refractivity contribution in [2.75, 3.05) is 13.6 Å². The molecular weight excluding hydrogens is 549 g/mol. The van der Waals surface area contributed by atoms with Crippen LogP contribution in [0, 0.1) is 0 Å². The molecule has 16 radical (unpaired) electrons. The minimum Gasteiger partial charge on any atom is -0.470 e. The largest absolute Gasteiger partial charge is 0.470 e. The number of carbonyl (C=O) groups is 2. The van der Waals surface area contributed by atoms with Crippen LogP contribution in [0.5, 0.6) is 5.75 Å². The lowest BCUT2D eigenvalue weighted by molar-refractivity contribution is -0.369. The summed E-state index contributed by atoms with van der Waals surface area (Å²) in [5.74, 6) is -1.91. The smallest absolute Gasteiger partial charge is 0.260 e. The number of H-pyrrole nitrogens is 1. The summed E-state index contributed by atoms with van der Waals surface area (Å²) >= 11 is 0. The van der Waals surface area contributed by atoms with Crippen molar-refractivity contribution in [2.24, 2.45) is 0 Å². The molecule has 17 heteroatoms. The Balaban J connectivity index is 1.29. The fourth-order valence-electron chi connectivity index (χ4n) is 6.53. The van der Waals surface area contributed by atoms with Crippen LogP contribution in [0.25, 0.3) is 10.9 Å². The molecule has 0 saturated carbocycles. The number of imide groups is 1. The maximum Gasteiger partial charge on any atom is 0.260 e. The van der Waals surface area contributed by atoms with E-state index >= 15 is 0 Å².